The van der Waals surface area contributed by atoms with Crippen molar-refractivity contribution in [3.05, 3.63) is 35.1 Å². The third-order valence-corrected chi connectivity index (χ3v) is 3.60. The molecule has 1 aliphatic rings. The Morgan fingerprint density at radius 1 is 1.53 bits per heavy atom. The molecule has 0 saturated carbocycles. The second-order valence-corrected chi connectivity index (χ2v) is 5.32. The summed E-state index contributed by atoms with van der Waals surface area (Å²) in [6.45, 7) is 3.89. The second kappa shape index (κ2) is 6.65. The normalized spacial score (nSPS) is 19.4. The Labute approximate surface area is 114 Å². The van der Waals surface area contributed by atoms with Gasteiger partial charge in [0.2, 0.25) is 0 Å². The van der Waals surface area contributed by atoms with E-state index >= 15 is 0 Å². The Bertz CT molecular complexity index is 461. The molecule has 0 amide bonds. The average molecular weight is 261 g/mol. The standard InChI is InChI=1S/C15H20FN3/c1-19(10-12-3-2-6-18-9-12)11-13-4-5-15(16)7-14(13)8-17/h4-5,7,12,18H,2-3,6,9-11H2,1H3. The maximum absolute atomic E-state index is 13.1. The van der Waals surface area contributed by atoms with E-state index in [0.29, 0.717) is 18.0 Å². The van der Waals surface area contributed by atoms with Crippen LogP contribution in [0.1, 0.15) is 24.0 Å². The van der Waals surface area contributed by atoms with Crippen molar-refractivity contribution in [1.82, 2.24) is 10.2 Å². The van der Waals surface area contributed by atoms with Gasteiger partial charge in [0.05, 0.1) is 11.6 Å². The molecule has 1 heterocycles. The summed E-state index contributed by atoms with van der Waals surface area (Å²) in [5.41, 5.74) is 1.34. The third-order valence-electron chi connectivity index (χ3n) is 3.60. The number of nitrogens with zero attached hydrogens (tertiary/aromatic N) is 2. The van der Waals surface area contributed by atoms with Gasteiger partial charge in [-0.3, -0.25) is 0 Å². The number of rotatable bonds is 4. The molecule has 1 N–H and O–H groups in total. The first-order valence-corrected chi connectivity index (χ1v) is 6.77. The number of nitrogens with one attached hydrogen (secondary N) is 1. The van der Waals surface area contributed by atoms with E-state index in [4.69, 9.17) is 5.26 Å². The van der Waals surface area contributed by atoms with Crippen molar-refractivity contribution >= 4 is 0 Å². The first-order valence-electron chi connectivity index (χ1n) is 6.77. The molecule has 1 saturated heterocycles. The predicted octanol–water partition coefficient (Wildman–Crippen LogP) is 2.13. The lowest BCUT2D eigenvalue weighted by Crippen LogP contribution is -2.36. The van der Waals surface area contributed by atoms with Crippen LogP contribution in [0.15, 0.2) is 18.2 Å². The molecular formula is C15H20FN3. The highest BCUT2D eigenvalue weighted by Crippen LogP contribution is 2.15. The molecular weight excluding hydrogens is 241 g/mol. The maximum Gasteiger partial charge on any atom is 0.124 e. The third kappa shape index (κ3) is 4.02. The van der Waals surface area contributed by atoms with E-state index < -0.39 is 0 Å². The molecule has 102 valence electrons. The topological polar surface area (TPSA) is 39.1 Å². The highest BCUT2D eigenvalue weighted by molar-refractivity contribution is 5.37. The number of benzene rings is 1. The fourth-order valence-electron chi connectivity index (χ4n) is 2.67. The van der Waals surface area contributed by atoms with Gasteiger partial charge in [-0.25, -0.2) is 4.39 Å². The molecule has 0 aliphatic carbocycles. The van der Waals surface area contributed by atoms with E-state index in [1.54, 1.807) is 6.07 Å². The van der Waals surface area contributed by atoms with E-state index in [1.165, 1.54) is 25.0 Å². The SMILES string of the molecule is CN(Cc1ccc(F)cc1C#N)CC1CCCNC1. The quantitative estimate of drug-likeness (QED) is 0.902. The summed E-state index contributed by atoms with van der Waals surface area (Å²) in [7, 11) is 2.05. The number of piperidine rings is 1. The van der Waals surface area contributed by atoms with Gasteiger partial charge in [0.25, 0.3) is 0 Å². The minimum Gasteiger partial charge on any atom is -0.316 e. The summed E-state index contributed by atoms with van der Waals surface area (Å²) in [6, 6.07) is 6.51. The molecule has 0 bridgehead atoms. The second-order valence-electron chi connectivity index (χ2n) is 5.32. The van der Waals surface area contributed by atoms with Crippen molar-refractivity contribution < 1.29 is 4.39 Å². The highest BCUT2D eigenvalue weighted by atomic mass is 19.1. The molecule has 1 unspecified atom stereocenters. The average Bonchev–Trinajstić information content (AvgIpc) is 2.42. The summed E-state index contributed by atoms with van der Waals surface area (Å²) in [5, 5.41) is 12.4. The smallest absolute Gasteiger partial charge is 0.124 e. The Kier molecular flexibility index (Phi) is 4.89. The van der Waals surface area contributed by atoms with Crippen LogP contribution in [-0.2, 0) is 6.54 Å². The van der Waals surface area contributed by atoms with Gasteiger partial charge in [-0.1, -0.05) is 6.07 Å². The van der Waals surface area contributed by atoms with Gasteiger partial charge >= 0.3 is 0 Å². The molecule has 1 aliphatic heterocycles. The van der Waals surface area contributed by atoms with Crippen LogP contribution in [-0.4, -0.2) is 31.6 Å². The largest absolute Gasteiger partial charge is 0.316 e. The number of hydrogen-bond acceptors (Lipinski definition) is 3. The minimum atomic E-state index is -0.348. The minimum absolute atomic E-state index is 0.348. The number of nitriles is 1. The Balaban J connectivity index is 1.94. The zero-order valence-corrected chi connectivity index (χ0v) is 11.3. The summed E-state index contributed by atoms with van der Waals surface area (Å²) >= 11 is 0. The summed E-state index contributed by atoms with van der Waals surface area (Å²) < 4.78 is 13.1. The lowest BCUT2D eigenvalue weighted by Gasteiger charge is -2.27. The first kappa shape index (κ1) is 14.0. The van der Waals surface area contributed by atoms with Gasteiger partial charge in [0.1, 0.15) is 5.82 Å². The number of halogens is 1. The Morgan fingerprint density at radius 2 is 2.37 bits per heavy atom. The van der Waals surface area contributed by atoms with E-state index in [0.717, 1.165) is 25.2 Å². The predicted molar refractivity (Wildman–Crippen MR) is 73.0 cm³/mol. The van der Waals surface area contributed by atoms with Crippen LogP contribution in [0, 0.1) is 23.1 Å². The zero-order valence-electron chi connectivity index (χ0n) is 11.3. The maximum atomic E-state index is 13.1. The fraction of sp³-hybridized carbons (Fsp3) is 0.533. The molecule has 1 aromatic carbocycles. The summed E-state index contributed by atoms with van der Waals surface area (Å²) in [4.78, 5) is 2.21. The molecule has 0 radical (unpaired) electrons. The van der Waals surface area contributed by atoms with Gasteiger partial charge in [-0.15, -0.1) is 0 Å². The Hall–Kier alpha value is -1.44. The zero-order chi connectivity index (χ0) is 13.7. The van der Waals surface area contributed by atoms with Gasteiger partial charge in [-0.2, -0.15) is 5.26 Å². The van der Waals surface area contributed by atoms with Gasteiger partial charge in [-0.05, 0) is 56.6 Å². The van der Waals surface area contributed by atoms with Crippen molar-refractivity contribution in [3.63, 3.8) is 0 Å². The number of hydrogen-bond donors (Lipinski definition) is 1. The lowest BCUT2D eigenvalue weighted by molar-refractivity contribution is 0.237. The van der Waals surface area contributed by atoms with Crippen molar-refractivity contribution in [2.45, 2.75) is 19.4 Å². The van der Waals surface area contributed by atoms with Crippen LogP contribution in [0.2, 0.25) is 0 Å². The Morgan fingerprint density at radius 3 is 3.05 bits per heavy atom. The van der Waals surface area contributed by atoms with E-state index in [2.05, 4.69) is 23.3 Å². The summed E-state index contributed by atoms with van der Waals surface area (Å²) in [6.07, 6.45) is 2.49. The molecule has 19 heavy (non-hydrogen) atoms. The first-order chi connectivity index (χ1) is 9.19. The molecule has 1 aromatic rings. The van der Waals surface area contributed by atoms with E-state index in [9.17, 15) is 4.39 Å². The molecule has 1 atom stereocenters. The molecule has 3 nitrogen and oxygen atoms in total. The summed E-state index contributed by atoms with van der Waals surface area (Å²) in [5.74, 6) is 0.323. The van der Waals surface area contributed by atoms with Gasteiger partial charge < -0.3 is 10.2 Å². The molecule has 0 aromatic heterocycles. The van der Waals surface area contributed by atoms with Crippen LogP contribution in [0.4, 0.5) is 4.39 Å². The van der Waals surface area contributed by atoms with Crippen LogP contribution in [0.5, 0.6) is 0 Å². The van der Waals surface area contributed by atoms with Crippen molar-refractivity contribution in [2.75, 3.05) is 26.7 Å². The van der Waals surface area contributed by atoms with Crippen molar-refractivity contribution in [2.24, 2.45) is 5.92 Å². The van der Waals surface area contributed by atoms with Crippen LogP contribution < -0.4 is 5.32 Å². The van der Waals surface area contributed by atoms with Crippen molar-refractivity contribution in [3.8, 4) is 6.07 Å². The molecule has 4 heteroatoms. The fourth-order valence-corrected chi connectivity index (χ4v) is 2.67. The van der Waals surface area contributed by atoms with Crippen molar-refractivity contribution in [1.29, 1.82) is 5.26 Å². The van der Waals surface area contributed by atoms with Crippen LogP contribution >= 0.6 is 0 Å². The van der Waals surface area contributed by atoms with Crippen LogP contribution in [0.25, 0.3) is 0 Å². The van der Waals surface area contributed by atoms with E-state index in [1.807, 2.05) is 0 Å². The van der Waals surface area contributed by atoms with Crippen LogP contribution in [0.3, 0.4) is 0 Å². The van der Waals surface area contributed by atoms with E-state index in [-0.39, 0.29) is 5.82 Å². The lowest BCUT2D eigenvalue weighted by atomic mass is 9.99. The molecule has 1 fully saturated rings. The molecule has 2 rings (SSSR count). The highest BCUT2D eigenvalue weighted by Gasteiger charge is 2.15. The van der Waals surface area contributed by atoms with Gasteiger partial charge in [0.15, 0.2) is 0 Å². The molecule has 0 spiro atoms. The monoisotopic (exact) mass is 261 g/mol. The van der Waals surface area contributed by atoms with Gasteiger partial charge in [0, 0.05) is 13.1 Å².